The minimum atomic E-state index is -0.284. The van der Waals surface area contributed by atoms with Crippen LogP contribution in [0.1, 0.15) is 10.4 Å². The van der Waals surface area contributed by atoms with Crippen molar-refractivity contribution >= 4 is 11.6 Å². The van der Waals surface area contributed by atoms with E-state index in [1.807, 2.05) is 60.7 Å². The van der Waals surface area contributed by atoms with E-state index in [1.54, 1.807) is 37.4 Å². The van der Waals surface area contributed by atoms with E-state index < -0.39 is 0 Å². The lowest BCUT2D eigenvalue weighted by Crippen LogP contribution is -2.14. The van der Waals surface area contributed by atoms with E-state index >= 15 is 0 Å². The first kappa shape index (κ1) is 20.9. The molecule has 0 saturated carbocycles. The van der Waals surface area contributed by atoms with E-state index in [9.17, 15) is 4.79 Å². The summed E-state index contributed by atoms with van der Waals surface area (Å²) < 4.78 is 16.9. The molecular weight excluding hydrogens is 404 g/mol. The molecule has 0 bridgehead atoms. The molecule has 0 saturated heterocycles. The predicted octanol–water partition coefficient (Wildman–Crippen LogP) is 5.81. The van der Waals surface area contributed by atoms with Crippen molar-refractivity contribution in [1.82, 2.24) is 4.98 Å². The predicted molar refractivity (Wildman–Crippen MR) is 124 cm³/mol. The van der Waals surface area contributed by atoms with Crippen LogP contribution in [0.25, 0.3) is 11.3 Å². The molecule has 4 rings (SSSR count). The van der Waals surface area contributed by atoms with Crippen LogP contribution in [-0.2, 0) is 0 Å². The smallest absolute Gasteiger partial charge is 0.256 e. The minimum absolute atomic E-state index is 0.284. The fraction of sp³-hybridized carbons (Fsp3) is 0.0769. The van der Waals surface area contributed by atoms with Crippen LogP contribution in [0.4, 0.5) is 5.69 Å². The maximum absolute atomic E-state index is 13.3. The highest BCUT2D eigenvalue weighted by Gasteiger charge is 2.21. The molecule has 160 valence electrons. The largest absolute Gasteiger partial charge is 0.496 e. The van der Waals surface area contributed by atoms with Gasteiger partial charge < -0.3 is 19.5 Å². The molecule has 1 heterocycles. The Bertz CT molecular complexity index is 1190. The van der Waals surface area contributed by atoms with E-state index in [0.29, 0.717) is 45.6 Å². The standard InChI is InChI=1S/C26H22N2O4/c1-30-20-16-22(28-24(17-20)31-2)25-21(26(29)27-18-10-5-3-6-11-18)14-9-15-23(25)32-19-12-7-4-8-13-19/h3-17H,1-2H3,(H,27,29). The lowest BCUT2D eigenvalue weighted by atomic mass is 10.0. The molecule has 0 aliphatic heterocycles. The highest BCUT2D eigenvalue weighted by molar-refractivity contribution is 6.09. The average molecular weight is 426 g/mol. The number of anilines is 1. The number of hydrogen-bond acceptors (Lipinski definition) is 5. The summed E-state index contributed by atoms with van der Waals surface area (Å²) >= 11 is 0. The van der Waals surface area contributed by atoms with Crippen LogP contribution in [0.5, 0.6) is 23.1 Å². The number of rotatable bonds is 7. The van der Waals surface area contributed by atoms with Crippen molar-refractivity contribution in [2.24, 2.45) is 0 Å². The zero-order chi connectivity index (χ0) is 22.3. The summed E-state index contributed by atoms with van der Waals surface area (Å²) in [6.07, 6.45) is 0. The van der Waals surface area contributed by atoms with Crippen LogP contribution >= 0.6 is 0 Å². The van der Waals surface area contributed by atoms with Gasteiger partial charge in [-0.3, -0.25) is 4.79 Å². The topological polar surface area (TPSA) is 69.7 Å². The monoisotopic (exact) mass is 426 g/mol. The molecule has 6 heteroatoms. The minimum Gasteiger partial charge on any atom is -0.496 e. The summed E-state index contributed by atoms with van der Waals surface area (Å²) in [6.45, 7) is 0. The summed E-state index contributed by atoms with van der Waals surface area (Å²) in [7, 11) is 3.09. The van der Waals surface area contributed by atoms with E-state index in [1.165, 1.54) is 7.11 Å². The number of carbonyl (C=O) groups excluding carboxylic acids is 1. The SMILES string of the molecule is COc1cc(OC)nc(-c2c(Oc3ccccc3)cccc2C(=O)Nc2ccccc2)c1. The zero-order valence-corrected chi connectivity index (χ0v) is 17.7. The number of methoxy groups -OCH3 is 2. The highest BCUT2D eigenvalue weighted by atomic mass is 16.5. The molecule has 3 aromatic carbocycles. The van der Waals surface area contributed by atoms with Crippen molar-refractivity contribution in [3.05, 3.63) is 96.6 Å². The Kier molecular flexibility index (Phi) is 6.32. The summed E-state index contributed by atoms with van der Waals surface area (Å²) in [6, 6.07) is 27.4. The molecule has 0 unspecified atom stereocenters. The molecular formula is C26H22N2O4. The van der Waals surface area contributed by atoms with Crippen molar-refractivity contribution in [3.63, 3.8) is 0 Å². The first-order valence-corrected chi connectivity index (χ1v) is 10.0. The van der Waals surface area contributed by atoms with Crippen LogP contribution < -0.4 is 19.5 Å². The van der Waals surface area contributed by atoms with Gasteiger partial charge in [0, 0.05) is 17.8 Å². The molecule has 6 nitrogen and oxygen atoms in total. The number of pyridine rings is 1. The maximum atomic E-state index is 13.3. The second-order valence-electron chi connectivity index (χ2n) is 6.85. The van der Waals surface area contributed by atoms with Crippen LogP contribution in [0.3, 0.4) is 0 Å². The van der Waals surface area contributed by atoms with Gasteiger partial charge in [0.2, 0.25) is 5.88 Å². The van der Waals surface area contributed by atoms with Gasteiger partial charge in [-0.25, -0.2) is 4.98 Å². The number of amides is 1. The number of benzene rings is 3. The number of nitrogens with zero attached hydrogens (tertiary/aromatic N) is 1. The second kappa shape index (κ2) is 9.66. The van der Waals surface area contributed by atoms with E-state index in [0.717, 1.165) is 0 Å². The molecule has 0 aliphatic rings. The van der Waals surface area contributed by atoms with Gasteiger partial charge in [-0.1, -0.05) is 42.5 Å². The number of ether oxygens (including phenoxy) is 3. The van der Waals surface area contributed by atoms with Gasteiger partial charge in [0.15, 0.2) is 0 Å². The van der Waals surface area contributed by atoms with Gasteiger partial charge in [0.1, 0.15) is 17.2 Å². The van der Waals surface area contributed by atoms with E-state index in [4.69, 9.17) is 14.2 Å². The Morgan fingerprint density at radius 2 is 1.50 bits per heavy atom. The molecule has 0 spiro atoms. The third kappa shape index (κ3) is 4.70. The van der Waals surface area contributed by atoms with Crippen molar-refractivity contribution in [3.8, 4) is 34.4 Å². The van der Waals surface area contributed by atoms with Crippen LogP contribution in [0, 0.1) is 0 Å². The third-order valence-electron chi connectivity index (χ3n) is 4.75. The van der Waals surface area contributed by atoms with Gasteiger partial charge in [-0.05, 0) is 36.4 Å². The first-order valence-electron chi connectivity index (χ1n) is 10.0. The Morgan fingerprint density at radius 1 is 0.781 bits per heavy atom. The average Bonchev–Trinajstić information content (AvgIpc) is 2.84. The van der Waals surface area contributed by atoms with Gasteiger partial charge in [0.05, 0.1) is 31.0 Å². The lowest BCUT2D eigenvalue weighted by Gasteiger charge is -2.16. The molecule has 0 radical (unpaired) electrons. The lowest BCUT2D eigenvalue weighted by molar-refractivity contribution is 0.102. The maximum Gasteiger partial charge on any atom is 0.256 e. The third-order valence-corrected chi connectivity index (χ3v) is 4.75. The zero-order valence-electron chi connectivity index (χ0n) is 17.7. The Labute approximate surface area is 186 Å². The summed E-state index contributed by atoms with van der Waals surface area (Å²) in [5.41, 5.74) is 2.12. The molecule has 4 aromatic rings. The number of hydrogen-bond donors (Lipinski definition) is 1. The van der Waals surface area contributed by atoms with Crippen molar-refractivity contribution in [2.45, 2.75) is 0 Å². The molecule has 0 atom stereocenters. The fourth-order valence-electron chi connectivity index (χ4n) is 3.24. The van der Waals surface area contributed by atoms with Gasteiger partial charge in [0.25, 0.3) is 5.91 Å². The van der Waals surface area contributed by atoms with Crippen molar-refractivity contribution in [1.29, 1.82) is 0 Å². The number of para-hydroxylation sites is 2. The van der Waals surface area contributed by atoms with Gasteiger partial charge >= 0.3 is 0 Å². The molecule has 0 aliphatic carbocycles. The van der Waals surface area contributed by atoms with Crippen LogP contribution in [0.2, 0.25) is 0 Å². The molecule has 1 N–H and O–H groups in total. The van der Waals surface area contributed by atoms with Crippen LogP contribution in [0.15, 0.2) is 91.0 Å². The Balaban J connectivity index is 1.85. The van der Waals surface area contributed by atoms with Crippen molar-refractivity contribution < 1.29 is 19.0 Å². The van der Waals surface area contributed by atoms with Crippen molar-refractivity contribution in [2.75, 3.05) is 19.5 Å². The summed E-state index contributed by atoms with van der Waals surface area (Å²) in [5, 5.41) is 2.93. The molecule has 32 heavy (non-hydrogen) atoms. The van der Waals surface area contributed by atoms with E-state index in [-0.39, 0.29) is 5.91 Å². The van der Waals surface area contributed by atoms with E-state index in [2.05, 4.69) is 10.3 Å². The van der Waals surface area contributed by atoms with Gasteiger partial charge in [-0.15, -0.1) is 0 Å². The summed E-state index contributed by atoms with van der Waals surface area (Å²) in [5.74, 6) is 1.76. The molecule has 0 fully saturated rings. The number of aromatic nitrogens is 1. The number of carbonyl (C=O) groups is 1. The fourth-order valence-corrected chi connectivity index (χ4v) is 3.24. The molecule has 1 amide bonds. The Hall–Kier alpha value is -4.32. The van der Waals surface area contributed by atoms with Gasteiger partial charge in [-0.2, -0.15) is 0 Å². The number of nitrogens with one attached hydrogen (secondary N) is 1. The second-order valence-corrected chi connectivity index (χ2v) is 6.85. The highest BCUT2D eigenvalue weighted by Crippen LogP contribution is 2.38. The first-order chi connectivity index (χ1) is 15.7. The normalized spacial score (nSPS) is 10.3. The quantitative estimate of drug-likeness (QED) is 0.404. The summed E-state index contributed by atoms with van der Waals surface area (Å²) in [4.78, 5) is 17.8. The Morgan fingerprint density at radius 3 is 2.19 bits per heavy atom. The van der Waals surface area contributed by atoms with Crippen LogP contribution in [-0.4, -0.2) is 25.1 Å². The molecule has 1 aromatic heterocycles.